The van der Waals surface area contributed by atoms with E-state index in [1.165, 1.54) is 24.6 Å². The van der Waals surface area contributed by atoms with Gasteiger partial charge in [0.15, 0.2) is 0 Å². The number of unbranched alkanes of at least 4 members (excludes halogenated alkanes) is 3. The highest BCUT2D eigenvalue weighted by atomic mass is 35.5. The van der Waals surface area contributed by atoms with E-state index < -0.39 is 0 Å². The molecule has 1 aromatic heterocycles. The van der Waals surface area contributed by atoms with Gasteiger partial charge in [-0.3, -0.25) is 4.79 Å². The highest BCUT2D eigenvalue weighted by Crippen LogP contribution is 2.19. The first kappa shape index (κ1) is 17.7. The molecule has 1 N–H and O–H groups in total. The number of tetrazole rings is 1. The van der Waals surface area contributed by atoms with Crippen molar-refractivity contribution in [3.8, 4) is 5.69 Å². The van der Waals surface area contributed by atoms with E-state index in [0.717, 1.165) is 25.1 Å². The van der Waals surface area contributed by atoms with Crippen LogP contribution in [0, 0.1) is 0 Å². The van der Waals surface area contributed by atoms with E-state index in [1.54, 1.807) is 16.8 Å². The molecule has 2 aromatic rings. The zero-order chi connectivity index (χ0) is 16.5. The fourth-order valence-corrected chi connectivity index (χ4v) is 2.82. The number of rotatable bonds is 9. The Bertz CT molecular complexity index is 617. The van der Waals surface area contributed by atoms with E-state index in [1.807, 2.05) is 12.1 Å². The summed E-state index contributed by atoms with van der Waals surface area (Å²) < 4.78 is 1.59. The second kappa shape index (κ2) is 9.52. The number of carbonyl (C=O) groups excluding carboxylic acids is 1. The lowest BCUT2D eigenvalue weighted by atomic mass is 10.2. The Hall–Kier alpha value is -1.60. The van der Waals surface area contributed by atoms with Crippen molar-refractivity contribution in [2.24, 2.45) is 0 Å². The molecule has 0 unspecified atom stereocenters. The topological polar surface area (TPSA) is 72.7 Å². The normalized spacial score (nSPS) is 10.7. The molecule has 23 heavy (non-hydrogen) atoms. The lowest BCUT2D eigenvalue weighted by molar-refractivity contribution is -0.118. The number of thioether (sulfide) groups is 1. The van der Waals surface area contributed by atoms with Crippen LogP contribution in [0.2, 0.25) is 5.02 Å². The first-order valence-corrected chi connectivity index (χ1v) is 9.01. The molecule has 0 spiro atoms. The number of amides is 1. The Kier molecular flexibility index (Phi) is 7.35. The maximum atomic E-state index is 11.8. The van der Waals surface area contributed by atoms with Gasteiger partial charge in [-0.1, -0.05) is 49.5 Å². The van der Waals surface area contributed by atoms with Crippen LogP contribution in [0.25, 0.3) is 5.69 Å². The maximum Gasteiger partial charge on any atom is 0.230 e. The zero-order valence-corrected chi connectivity index (χ0v) is 14.6. The predicted molar refractivity (Wildman–Crippen MR) is 92.0 cm³/mol. The molecule has 1 amide bonds. The summed E-state index contributed by atoms with van der Waals surface area (Å²) in [6.07, 6.45) is 4.57. The number of nitrogens with zero attached hydrogens (tertiary/aromatic N) is 4. The third-order valence-corrected chi connectivity index (χ3v) is 4.37. The molecule has 0 saturated heterocycles. The molecule has 2 rings (SSSR count). The largest absolute Gasteiger partial charge is 0.355 e. The lowest BCUT2D eigenvalue weighted by Gasteiger charge is -2.06. The minimum atomic E-state index is -0.00263. The second-order valence-electron chi connectivity index (χ2n) is 5.05. The van der Waals surface area contributed by atoms with Crippen molar-refractivity contribution in [1.29, 1.82) is 0 Å². The van der Waals surface area contributed by atoms with Crippen LogP contribution < -0.4 is 5.32 Å². The third kappa shape index (κ3) is 5.84. The van der Waals surface area contributed by atoms with E-state index in [2.05, 4.69) is 27.8 Å². The Morgan fingerprint density at radius 2 is 2.04 bits per heavy atom. The Labute approximate surface area is 145 Å². The average molecular weight is 354 g/mol. The zero-order valence-electron chi connectivity index (χ0n) is 13.0. The minimum Gasteiger partial charge on any atom is -0.355 e. The quantitative estimate of drug-likeness (QED) is 0.554. The van der Waals surface area contributed by atoms with Crippen LogP contribution >= 0.6 is 23.4 Å². The van der Waals surface area contributed by atoms with E-state index >= 15 is 0 Å². The van der Waals surface area contributed by atoms with E-state index in [-0.39, 0.29) is 5.91 Å². The van der Waals surface area contributed by atoms with Gasteiger partial charge in [0.05, 0.1) is 11.4 Å². The van der Waals surface area contributed by atoms with Gasteiger partial charge in [0, 0.05) is 11.6 Å². The second-order valence-corrected chi connectivity index (χ2v) is 6.43. The first-order valence-electron chi connectivity index (χ1n) is 7.64. The van der Waals surface area contributed by atoms with Gasteiger partial charge in [-0.15, -0.1) is 5.10 Å². The van der Waals surface area contributed by atoms with Crippen LogP contribution in [-0.4, -0.2) is 38.4 Å². The summed E-state index contributed by atoms with van der Waals surface area (Å²) in [5, 5.41) is 15.7. The number of benzene rings is 1. The SMILES string of the molecule is CCCCCCNC(=O)CSc1nnnn1-c1ccc(Cl)cc1. The van der Waals surface area contributed by atoms with Gasteiger partial charge in [0.25, 0.3) is 0 Å². The molecule has 0 saturated carbocycles. The van der Waals surface area contributed by atoms with Crippen molar-refractivity contribution < 1.29 is 4.79 Å². The van der Waals surface area contributed by atoms with Crippen LogP contribution in [-0.2, 0) is 4.79 Å². The first-order chi connectivity index (χ1) is 11.2. The fourth-order valence-electron chi connectivity index (χ4n) is 1.97. The van der Waals surface area contributed by atoms with Crippen molar-refractivity contribution in [2.45, 2.75) is 37.8 Å². The third-order valence-electron chi connectivity index (χ3n) is 3.20. The van der Waals surface area contributed by atoms with Crippen LogP contribution in [0.5, 0.6) is 0 Å². The van der Waals surface area contributed by atoms with Crippen LogP contribution in [0.4, 0.5) is 0 Å². The van der Waals surface area contributed by atoms with E-state index in [0.29, 0.717) is 15.9 Å². The molecule has 0 bridgehead atoms. The number of nitrogens with one attached hydrogen (secondary N) is 1. The summed E-state index contributed by atoms with van der Waals surface area (Å²) in [4.78, 5) is 11.8. The Morgan fingerprint density at radius 3 is 2.78 bits per heavy atom. The number of carbonyl (C=O) groups is 1. The van der Waals surface area contributed by atoms with E-state index in [9.17, 15) is 4.79 Å². The molecule has 0 fully saturated rings. The van der Waals surface area contributed by atoms with Crippen LogP contribution in [0.1, 0.15) is 32.6 Å². The summed E-state index contributed by atoms with van der Waals surface area (Å²) in [5.41, 5.74) is 0.807. The summed E-state index contributed by atoms with van der Waals surface area (Å²) in [6.45, 7) is 2.89. The van der Waals surface area contributed by atoms with Gasteiger partial charge in [0.2, 0.25) is 11.1 Å². The molecule has 0 atom stereocenters. The number of halogens is 1. The van der Waals surface area contributed by atoms with Crippen LogP contribution in [0.3, 0.4) is 0 Å². The van der Waals surface area contributed by atoms with Gasteiger partial charge >= 0.3 is 0 Å². The fraction of sp³-hybridized carbons (Fsp3) is 0.467. The summed E-state index contributed by atoms with van der Waals surface area (Å²) >= 11 is 7.19. The molecule has 0 aliphatic heterocycles. The lowest BCUT2D eigenvalue weighted by Crippen LogP contribution is -2.26. The number of aromatic nitrogens is 4. The summed E-state index contributed by atoms with van der Waals surface area (Å²) in [7, 11) is 0. The molecular formula is C15H20ClN5OS. The maximum absolute atomic E-state index is 11.8. The van der Waals surface area contributed by atoms with Gasteiger partial charge < -0.3 is 5.32 Å². The Balaban J connectivity index is 1.81. The van der Waals surface area contributed by atoms with Crippen molar-refractivity contribution in [2.75, 3.05) is 12.3 Å². The molecule has 1 heterocycles. The average Bonchev–Trinajstić information content (AvgIpc) is 3.02. The molecule has 124 valence electrons. The number of hydrogen-bond acceptors (Lipinski definition) is 5. The van der Waals surface area contributed by atoms with Crippen molar-refractivity contribution in [3.05, 3.63) is 29.3 Å². The van der Waals surface area contributed by atoms with Gasteiger partial charge in [-0.25, -0.2) is 0 Å². The van der Waals surface area contributed by atoms with Gasteiger partial charge in [-0.2, -0.15) is 4.68 Å². The molecule has 0 aliphatic rings. The van der Waals surface area contributed by atoms with Crippen LogP contribution in [0.15, 0.2) is 29.4 Å². The molecular weight excluding hydrogens is 334 g/mol. The van der Waals surface area contributed by atoms with Gasteiger partial charge in [-0.05, 0) is 41.1 Å². The van der Waals surface area contributed by atoms with E-state index in [4.69, 9.17) is 11.6 Å². The molecule has 0 aliphatic carbocycles. The van der Waals surface area contributed by atoms with Crippen molar-refractivity contribution in [3.63, 3.8) is 0 Å². The van der Waals surface area contributed by atoms with Crippen molar-refractivity contribution in [1.82, 2.24) is 25.5 Å². The predicted octanol–water partition coefficient (Wildman–Crippen LogP) is 3.10. The molecule has 0 radical (unpaired) electrons. The summed E-state index contributed by atoms with van der Waals surface area (Å²) in [6, 6.07) is 7.21. The van der Waals surface area contributed by atoms with Crippen molar-refractivity contribution >= 4 is 29.3 Å². The number of hydrogen-bond donors (Lipinski definition) is 1. The highest BCUT2D eigenvalue weighted by molar-refractivity contribution is 7.99. The molecule has 1 aromatic carbocycles. The Morgan fingerprint density at radius 1 is 1.26 bits per heavy atom. The van der Waals surface area contributed by atoms with Gasteiger partial charge in [0.1, 0.15) is 0 Å². The smallest absolute Gasteiger partial charge is 0.230 e. The highest BCUT2D eigenvalue weighted by Gasteiger charge is 2.11. The molecule has 6 nitrogen and oxygen atoms in total. The standard InChI is InChI=1S/C15H20ClN5OS/c1-2-3-4-5-10-17-14(22)11-23-15-18-19-20-21(15)13-8-6-12(16)7-9-13/h6-9H,2-5,10-11H2,1H3,(H,17,22). The minimum absolute atomic E-state index is 0.00263. The summed E-state index contributed by atoms with van der Waals surface area (Å²) in [5.74, 6) is 0.291. The monoisotopic (exact) mass is 353 g/mol. The molecule has 8 heteroatoms.